The average molecular weight is 418 g/mol. The molecule has 1 heterocycles. The van der Waals surface area contributed by atoms with E-state index in [9.17, 15) is 18.8 Å². The van der Waals surface area contributed by atoms with Gasteiger partial charge in [0.1, 0.15) is 11.9 Å². The Morgan fingerprint density at radius 3 is 2.52 bits per heavy atom. The zero-order valence-electron chi connectivity index (χ0n) is 16.3. The second-order valence-electron chi connectivity index (χ2n) is 7.15. The molecule has 0 aromatic heterocycles. The molecule has 0 spiro atoms. The van der Waals surface area contributed by atoms with Crippen LogP contribution >= 0.6 is 11.6 Å². The van der Waals surface area contributed by atoms with Gasteiger partial charge in [-0.25, -0.2) is 4.39 Å². The Kier molecular flexibility index (Phi) is 5.88. The summed E-state index contributed by atoms with van der Waals surface area (Å²) >= 11 is 6.09. The highest BCUT2D eigenvalue weighted by molar-refractivity contribution is 6.33. The van der Waals surface area contributed by atoms with Gasteiger partial charge in [-0.2, -0.15) is 0 Å². The minimum atomic E-state index is -0.785. The topological polar surface area (TPSA) is 69.7 Å². The molecular formula is C21H21ClFN3O3. The lowest BCUT2D eigenvalue weighted by Crippen LogP contribution is -2.52. The van der Waals surface area contributed by atoms with Crippen LogP contribution in [-0.4, -0.2) is 47.7 Å². The van der Waals surface area contributed by atoms with E-state index in [0.717, 1.165) is 17.2 Å². The Hall–Kier alpha value is -2.93. The van der Waals surface area contributed by atoms with E-state index in [-0.39, 0.29) is 35.4 Å². The molecule has 2 aromatic rings. The molecule has 0 saturated heterocycles. The van der Waals surface area contributed by atoms with Crippen LogP contribution in [-0.2, 0) is 22.6 Å². The third-order valence-corrected chi connectivity index (χ3v) is 5.14. The Morgan fingerprint density at radius 2 is 1.90 bits per heavy atom. The number of anilines is 1. The lowest BCUT2D eigenvalue weighted by atomic mass is 9.92. The number of carbonyl (C=O) groups excluding carboxylic acids is 3. The van der Waals surface area contributed by atoms with E-state index in [1.807, 2.05) is 6.07 Å². The van der Waals surface area contributed by atoms with Gasteiger partial charge in [0, 0.05) is 39.7 Å². The zero-order chi connectivity index (χ0) is 21.3. The molecule has 0 fully saturated rings. The minimum Gasteiger partial charge on any atom is -0.347 e. The minimum absolute atomic E-state index is 0.0103. The average Bonchev–Trinajstić information content (AvgIpc) is 2.65. The van der Waals surface area contributed by atoms with Crippen LogP contribution < -0.4 is 5.32 Å². The summed E-state index contributed by atoms with van der Waals surface area (Å²) in [6.45, 7) is 1.50. The SMILES string of the molecule is CC(=O)Nc1ccc2c(c1)CN(C(=O)c1c(F)cccc1Cl)C(C(=O)N(C)C)C2. The molecule has 0 bridgehead atoms. The van der Waals surface area contributed by atoms with Gasteiger partial charge < -0.3 is 15.1 Å². The molecule has 6 nitrogen and oxygen atoms in total. The fourth-order valence-corrected chi connectivity index (χ4v) is 3.69. The fourth-order valence-electron chi connectivity index (χ4n) is 3.44. The van der Waals surface area contributed by atoms with Crippen LogP contribution in [0.2, 0.25) is 5.02 Å². The van der Waals surface area contributed by atoms with Crippen molar-refractivity contribution in [2.45, 2.75) is 25.9 Å². The van der Waals surface area contributed by atoms with Crippen molar-refractivity contribution in [3.8, 4) is 0 Å². The zero-order valence-corrected chi connectivity index (χ0v) is 17.1. The number of benzene rings is 2. The van der Waals surface area contributed by atoms with Gasteiger partial charge in [0.25, 0.3) is 5.91 Å². The molecule has 152 valence electrons. The normalized spacial score (nSPS) is 15.5. The van der Waals surface area contributed by atoms with Gasteiger partial charge in [0.05, 0.1) is 10.6 Å². The first kappa shape index (κ1) is 20.8. The molecule has 29 heavy (non-hydrogen) atoms. The van der Waals surface area contributed by atoms with Crippen molar-refractivity contribution in [2.24, 2.45) is 0 Å². The van der Waals surface area contributed by atoms with Gasteiger partial charge in [-0.15, -0.1) is 0 Å². The number of likely N-dealkylation sites (N-methyl/N-ethyl adjacent to an activating group) is 1. The molecule has 0 radical (unpaired) electrons. The summed E-state index contributed by atoms with van der Waals surface area (Å²) in [6.07, 6.45) is 0.282. The second-order valence-corrected chi connectivity index (χ2v) is 7.55. The van der Waals surface area contributed by atoms with Crippen molar-refractivity contribution in [2.75, 3.05) is 19.4 Å². The lowest BCUT2D eigenvalue weighted by molar-refractivity contribution is -0.134. The number of amides is 3. The Balaban J connectivity index is 2.04. The summed E-state index contributed by atoms with van der Waals surface area (Å²) in [5, 5.41) is 2.69. The van der Waals surface area contributed by atoms with Crippen molar-refractivity contribution >= 4 is 35.0 Å². The Morgan fingerprint density at radius 1 is 1.17 bits per heavy atom. The number of halogens is 2. The maximum Gasteiger partial charge on any atom is 0.259 e. The highest BCUT2D eigenvalue weighted by Gasteiger charge is 2.37. The van der Waals surface area contributed by atoms with Crippen LogP contribution in [0.5, 0.6) is 0 Å². The van der Waals surface area contributed by atoms with E-state index in [1.54, 1.807) is 26.2 Å². The first-order chi connectivity index (χ1) is 13.7. The standard InChI is InChI=1S/C21H21ClFN3O3/c1-12(27)24-15-8-7-13-10-18(20(28)25(2)3)26(11-14(13)9-15)21(29)19-16(22)5-4-6-17(19)23/h4-9,18H,10-11H2,1-3H3,(H,24,27). The van der Waals surface area contributed by atoms with Crippen molar-refractivity contribution in [3.05, 3.63) is 63.9 Å². The van der Waals surface area contributed by atoms with Crippen LogP contribution in [0, 0.1) is 5.82 Å². The van der Waals surface area contributed by atoms with Crippen molar-refractivity contribution in [1.82, 2.24) is 9.80 Å². The van der Waals surface area contributed by atoms with Gasteiger partial charge in [0.2, 0.25) is 11.8 Å². The maximum absolute atomic E-state index is 14.4. The summed E-state index contributed by atoms with van der Waals surface area (Å²) in [4.78, 5) is 40.1. The largest absolute Gasteiger partial charge is 0.347 e. The Bertz CT molecular complexity index is 973. The Labute approximate surface area is 173 Å². The first-order valence-corrected chi connectivity index (χ1v) is 9.42. The van der Waals surface area contributed by atoms with Gasteiger partial charge in [-0.3, -0.25) is 14.4 Å². The molecular weight excluding hydrogens is 397 g/mol. The molecule has 1 aliphatic rings. The van der Waals surface area contributed by atoms with E-state index in [1.165, 1.54) is 28.9 Å². The molecule has 1 aliphatic heterocycles. The smallest absolute Gasteiger partial charge is 0.259 e. The fraction of sp³-hybridized carbons (Fsp3) is 0.286. The molecule has 1 unspecified atom stereocenters. The van der Waals surface area contributed by atoms with Crippen LogP contribution in [0.25, 0.3) is 0 Å². The van der Waals surface area contributed by atoms with Crippen LogP contribution in [0.15, 0.2) is 36.4 Å². The van der Waals surface area contributed by atoms with Gasteiger partial charge in [0.15, 0.2) is 0 Å². The molecule has 3 amide bonds. The number of fused-ring (bicyclic) bond motifs is 1. The monoisotopic (exact) mass is 417 g/mol. The number of rotatable bonds is 3. The van der Waals surface area contributed by atoms with Crippen LogP contribution in [0.3, 0.4) is 0 Å². The van der Waals surface area contributed by atoms with Gasteiger partial charge in [-0.1, -0.05) is 23.7 Å². The third kappa shape index (κ3) is 4.24. The molecule has 1 N–H and O–H groups in total. The van der Waals surface area contributed by atoms with Crippen LogP contribution in [0.4, 0.5) is 10.1 Å². The number of hydrogen-bond donors (Lipinski definition) is 1. The number of hydrogen-bond acceptors (Lipinski definition) is 3. The predicted octanol–water partition coefficient (Wildman–Crippen LogP) is 3.09. The molecule has 2 aromatic carbocycles. The summed E-state index contributed by atoms with van der Waals surface area (Å²) in [5.41, 5.74) is 2.00. The van der Waals surface area contributed by atoms with Crippen molar-refractivity contribution < 1.29 is 18.8 Å². The van der Waals surface area contributed by atoms with Crippen molar-refractivity contribution in [1.29, 1.82) is 0 Å². The number of nitrogens with one attached hydrogen (secondary N) is 1. The van der Waals surface area contributed by atoms with E-state index in [2.05, 4.69) is 5.32 Å². The predicted molar refractivity (Wildman–Crippen MR) is 108 cm³/mol. The summed E-state index contributed by atoms with van der Waals surface area (Å²) in [6, 6.07) is 8.57. The second kappa shape index (κ2) is 8.21. The van der Waals surface area contributed by atoms with Gasteiger partial charge >= 0.3 is 0 Å². The molecule has 8 heteroatoms. The highest BCUT2D eigenvalue weighted by Crippen LogP contribution is 2.30. The third-order valence-electron chi connectivity index (χ3n) is 4.82. The van der Waals surface area contributed by atoms with E-state index < -0.39 is 17.8 Å². The van der Waals surface area contributed by atoms with E-state index in [0.29, 0.717) is 5.69 Å². The first-order valence-electron chi connectivity index (χ1n) is 9.04. The molecule has 0 saturated carbocycles. The number of nitrogens with zero attached hydrogens (tertiary/aromatic N) is 2. The van der Waals surface area contributed by atoms with E-state index >= 15 is 0 Å². The summed E-state index contributed by atoms with van der Waals surface area (Å²) in [7, 11) is 3.22. The summed E-state index contributed by atoms with van der Waals surface area (Å²) < 4.78 is 14.4. The molecule has 0 aliphatic carbocycles. The maximum atomic E-state index is 14.4. The van der Waals surface area contributed by atoms with Crippen molar-refractivity contribution in [3.63, 3.8) is 0 Å². The van der Waals surface area contributed by atoms with Gasteiger partial charge in [-0.05, 0) is 35.4 Å². The molecule has 1 atom stereocenters. The quantitative estimate of drug-likeness (QED) is 0.834. The lowest BCUT2D eigenvalue weighted by Gasteiger charge is -2.37. The van der Waals surface area contributed by atoms with E-state index in [4.69, 9.17) is 11.6 Å². The molecule has 3 rings (SSSR count). The number of carbonyl (C=O) groups is 3. The van der Waals surface area contributed by atoms with Crippen LogP contribution in [0.1, 0.15) is 28.4 Å². The summed E-state index contributed by atoms with van der Waals surface area (Å²) in [5.74, 6) is -1.87. The highest BCUT2D eigenvalue weighted by atomic mass is 35.5.